The largest absolute Gasteiger partial charge is 0.241 e. The number of nitrogens with zero attached hydrogens (tertiary/aromatic N) is 4. The molecule has 2 aromatic heterocycles. The van der Waals surface area contributed by atoms with Gasteiger partial charge in [-0.15, -0.1) is 0 Å². The van der Waals surface area contributed by atoms with Crippen LogP contribution >= 0.6 is 23.4 Å². The Hall–Kier alpha value is -1.20. The van der Waals surface area contributed by atoms with Crippen LogP contribution in [0.3, 0.4) is 0 Å². The van der Waals surface area contributed by atoms with Gasteiger partial charge < -0.3 is 0 Å². The zero-order valence-corrected chi connectivity index (χ0v) is 12.2. The minimum Gasteiger partial charge on any atom is -0.241 e. The smallest absolute Gasteiger partial charge is 0.194 e. The van der Waals surface area contributed by atoms with E-state index in [2.05, 4.69) is 19.9 Å². The topological polar surface area (TPSA) is 51.6 Å². The molecule has 0 aliphatic carbocycles. The number of rotatable bonds is 2. The lowest BCUT2D eigenvalue weighted by Crippen LogP contribution is -1.97. The summed E-state index contributed by atoms with van der Waals surface area (Å²) in [5, 5.41) is 1.68. The maximum absolute atomic E-state index is 6.08. The molecule has 0 spiro atoms. The molecule has 2 aromatic rings. The molecule has 4 nitrogen and oxygen atoms in total. The molecule has 0 atom stereocenters. The van der Waals surface area contributed by atoms with E-state index in [9.17, 15) is 0 Å². The third kappa shape index (κ3) is 2.97. The molecule has 0 amide bonds. The Kier molecular flexibility index (Phi) is 3.82. The summed E-state index contributed by atoms with van der Waals surface area (Å²) >= 11 is 7.42. The number of aryl methyl sites for hydroxylation is 4. The van der Waals surface area contributed by atoms with Gasteiger partial charge in [0.15, 0.2) is 10.3 Å². The maximum Gasteiger partial charge on any atom is 0.194 e. The highest BCUT2D eigenvalue weighted by Gasteiger charge is 2.11. The molecule has 2 rings (SSSR count). The number of hydrogen-bond donors (Lipinski definition) is 0. The van der Waals surface area contributed by atoms with E-state index in [1.165, 1.54) is 11.8 Å². The average molecular weight is 281 g/mol. The molecule has 6 heteroatoms. The molecular formula is C12H13ClN4S. The van der Waals surface area contributed by atoms with Crippen LogP contribution < -0.4 is 0 Å². The van der Waals surface area contributed by atoms with Crippen LogP contribution in [-0.4, -0.2) is 19.9 Å². The molecule has 0 saturated carbocycles. The van der Waals surface area contributed by atoms with Crippen molar-refractivity contribution in [3.05, 3.63) is 34.0 Å². The van der Waals surface area contributed by atoms with Gasteiger partial charge in [0.1, 0.15) is 5.03 Å². The molecule has 0 N–H and O–H groups in total. The van der Waals surface area contributed by atoms with Gasteiger partial charge in [0.2, 0.25) is 0 Å². The van der Waals surface area contributed by atoms with Crippen LogP contribution in [0.15, 0.2) is 16.2 Å². The van der Waals surface area contributed by atoms with Crippen molar-refractivity contribution in [1.29, 1.82) is 0 Å². The fourth-order valence-corrected chi connectivity index (χ4v) is 2.60. The van der Waals surface area contributed by atoms with Crippen molar-refractivity contribution >= 4 is 23.4 Å². The molecule has 0 unspecified atom stereocenters. The summed E-state index contributed by atoms with van der Waals surface area (Å²) in [6, 6.07) is 1.93. The quantitative estimate of drug-likeness (QED) is 0.790. The Morgan fingerprint density at radius 2 is 1.44 bits per heavy atom. The molecule has 0 bridgehead atoms. The summed E-state index contributed by atoms with van der Waals surface area (Å²) in [4.78, 5) is 17.4. The number of aromatic nitrogens is 4. The highest BCUT2D eigenvalue weighted by atomic mass is 35.5. The van der Waals surface area contributed by atoms with Gasteiger partial charge in [-0.1, -0.05) is 11.6 Å². The first-order chi connectivity index (χ1) is 8.45. The monoisotopic (exact) mass is 280 g/mol. The van der Waals surface area contributed by atoms with Crippen LogP contribution in [-0.2, 0) is 0 Å². The second-order valence-electron chi connectivity index (χ2n) is 4.03. The van der Waals surface area contributed by atoms with Gasteiger partial charge in [-0.2, -0.15) is 0 Å². The van der Waals surface area contributed by atoms with Crippen molar-refractivity contribution in [2.75, 3.05) is 0 Å². The van der Waals surface area contributed by atoms with Crippen LogP contribution in [0.5, 0.6) is 0 Å². The minimum atomic E-state index is 0.394. The minimum absolute atomic E-state index is 0.394. The van der Waals surface area contributed by atoms with E-state index in [1.54, 1.807) is 0 Å². The van der Waals surface area contributed by atoms with E-state index in [-0.39, 0.29) is 0 Å². The first-order valence-electron chi connectivity index (χ1n) is 5.46. The van der Waals surface area contributed by atoms with E-state index >= 15 is 0 Å². The van der Waals surface area contributed by atoms with Gasteiger partial charge in [-0.05, 0) is 45.5 Å². The van der Waals surface area contributed by atoms with Gasteiger partial charge in [0.25, 0.3) is 0 Å². The molecule has 2 heterocycles. The van der Waals surface area contributed by atoms with Crippen molar-refractivity contribution in [1.82, 2.24) is 19.9 Å². The lowest BCUT2D eigenvalue weighted by molar-refractivity contribution is 0.891. The van der Waals surface area contributed by atoms with Crippen LogP contribution in [0.25, 0.3) is 0 Å². The SMILES string of the molecule is Cc1cc(C)nc(Sc2nc(C)c(C)nc2Cl)n1. The average Bonchev–Trinajstić information content (AvgIpc) is 2.24. The van der Waals surface area contributed by atoms with Crippen molar-refractivity contribution < 1.29 is 0 Å². The molecule has 0 radical (unpaired) electrons. The maximum atomic E-state index is 6.08. The van der Waals surface area contributed by atoms with Crippen LogP contribution in [0.2, 0.25) is 5.15 Å². The molecule has 94 valence electrons. The van der Waals surface area contributed by atoms with E-state index in [1.807, 2.05) is 33.8 Å². The summed E-state index contributed by atoms with van der Waals surface area (Å²) in [5.74, 6) is 0. The van der Waals surface area contributed by atoms with Gasteiger partial charge >= 0.3 is 0 Å². The van der Waals surface area contributed by atoms with E-state index in [4.69, 9.17) is 11.6 Å². The van der Waals surface area contributed by atoms with Crippen molar-refractivity contribution in [2.24, 2.45) is 0 Å². The highest BCUT2D eigenvalue weighted by molar-refractivity contribution is 7.99. The molecule has 18 heavy (non-hydrogen) atoms. The third-order valence-corrected chi connectivity index (χ3v) is 3.60. The molecule has 0 aliphatic rings. The van der Waals surface area contributed by atoms with E-state index in [0.29, 0.717) is 15.3 Å². The standard InChI is InChI=1S/C12H13ClN4S/c1-6-5-7(2)15-12(14-6)18-11-10(13)16-8(3)9(4)17-11/h5H,1-4H3. The summed E-state index contributed by atoms with van der Waals surface area (Å²) in [6.45, 7) is 7.67. The predicted octanol–water partition coefficient (Wildman–Crippen LogP) is 3.30. The van der Waals surface area contributed by atoms with Crippen LogP contribution in [0.4, 0.5) is 0 Å². The van der Waals surface area contributed by atoms with Crippen molar-refractivity contribution in [2.45, 2.75) is 37.9 Å². The van der Waals surface area contributed by atoms with E-state index < -0.39 is 0 Å². The van der Waals surface area contributed by atoms with Crippen LogP contribution in [0.1, 0.15) is 22.8 Å². The Balaban J connectivity index is 2.36. The Labute approximate surface area is 115 Å². The zero-order chi connectivity index (χ0) is 13.3. The predicted molar refractivity (Wildman–Crippen MR) is 72.1 cm³/mol. The Morgan fingerprint density at radius 3 is 2.06 bits per heavy atom. The summed E-state index contributed by atoms with van der Waals surface area (Å²) in [6.07, 6.45) is 0. The Morgan fingerprint density at radius 1 is 0.889 bits per heavy atom. The fraction of sp³-hybridized carbons (Fsp3) is 0.333. The summed E-state index contributed by atoms with van der Waals surface area (Å²) < 4.78 is 0. The van der Waals surface area contributed by atoms with E-state index in [0.717, 1.165) is 22.8 Å². The van der Waals surface area contributed by atoms with Gasteiger partial charge in [-0.3, -0.25) is 0 Å². The zero-order valence-electron chi connectivity index (χ0n) is 10.7. The fourth-order valence-electron chi connectivity index (χ4n) is 1.45. The first-order valence-corrected chi connectivity index (χ1v) is 6.66. The van der Waals surface area contributed by atoms with Crippen molar-refractivity contribution in [3.63, 3.8) is 0 Å². The second-order valence-corrected chi connectivity index (χ2v) is 5.34. The highest BCUT2D eigenvalue weighted by Crippen LogP contribution is 2.29. The summed E-state index contributed by atoms with van der Waals surface area (Å²) in [7, 11) is 0. The summed E-state index contributed by atoms with van der Waals surface area (Å²) in [5.41, 5.74) is 3.56. The number of halogens is 1. The first kappa shape index (κ1) is 13.2. The molecular weight excluding hydrogens is 268 g/mol. The third-order valence-electron chi connectivity index (χ3n) is 2.38. The van der Waals surface area contributed by atoms with Crippen LogP contribution in [0, 0.1) is 27.7 Å². The molecule has 0 aliphatic heterocycles. The Bertz CT molecular complexity index is 581. The van der Waals surface area contributed by atoms with Gasteiger partial charge in [-0.25, -0.2) is 19.9 Å². The lowest BCUT2D eigenvalue weighted by Gasteiger charge is -2.06. The second kappa shape index (κ2) is 5.20. The van der Waals surface area contributed by atoms with Crippen molar-refractivity contribution in [3.8, 4) is 0 Å². The molecule has 0 aromatic carbocycles. The number of hydrogen-bond acceptors (Lipinski definition) is 5. The van der Waals surface area contributed by atoms with Gasteiger partial charge in [0, 0.05) is 11.4 Å². The normalized spacial score (nSPS) is 10.7. The lowest BCUT2D eigenvalue weighted by atomic mass is 10.4. The van der Waals surface area contributed by atoms with Gasteiger partial charge in [0.05, 0.1) is 11.4 Å². The molecule has 0 saturated heterocycles. The molecule has 0 fully saturated rings.